The van der Waals surface area contributed by atoms with Crippen LogP contribution in [0.2, 0.25) is 0 Å². The Kier molecular flexibility index (Phi) is 6.16. The van der Waals surface area contributed by atoms with Crippen molar-refractivity contribution in [2.24, 2.45) is 5.10 Å². The Morgan fingerprint density at radius 2 is 1.93 bits per heavy atom. The average molecular weight is 414 g/mol. The maximum atomic E-state index is 13.2. The van der Waals surface area contributed by atoms with Crippen LogP contribution in [0.25, 0.3) is 0 Å². The van der Waals surface area contributed by atoms with E-state index in [9.17, 15) is 4.79 Å². The molecule has 4 rings (SSSR count). The van der Waals surface area contributed by atoms with Crippen molar-refractivity contribution >= 4 is 23.0 Å². The molecule has 1 aromatic carbocycles. The van der Waals surface area contributed by atoms with Gasteiger partial charge in [0, 0.05) is 6.42 Å². The maximum Gasteiger partial charge on any atom is 0.257 e. The quantitative estimate of drug-likeness (QED) is 0.720. The van der Waals surface area contributed by atoms with Crippen LogP contribution in [0.5, 0.6) is 11.5 Å². The van der Waals surface area contributed by atoms with Crippen molar-refractivity contribution in [1.29, 1.82) is 0 Å². The highest BCUT2D eigenvalue weighted by Gasteiger charge is 2.34. The Morgan fingerprint density at radius 1 is 1.14 bits per heavy atom. The number of hydrazone groups is 1. The number of hydrogen-bond donors (Lipinski definition) is 0. The third kappa shape index (κ3) is 4.31. The lowest BCUT2D eigenvalue weighted by molar-refractivity contribution is -0.134. The van der Waals surface area contributed by atoms with Crippen molar-refractivity contribution in [3.8, 4) is 11.5 Å². The van der Waals surface area contributed by atoms with Crippen molar-refractivity contribution in [2.45, 2.75) is 31.7 Å². The SMILES string of the molecule is COc1ccc(C2CC(c3cccs3)=NN2C(=O)CN2CCCCC2)cc1OC. The summed E-state index contributed by atoms with van der Waals surface area (Å²) in [6.07, 6.45) is 4.28. The fraction of sp³-hybridized carbons (Fsp3) is 0.455. The van der Waals surface area contributed by atoms with Crippen LogP contribution in [0.3, 0.4) is 0 Å². The minimum Gasteiger partial charge on any atom is -0.493 e. The largest absolute Gasteiger partial charge is 0.493 e. The first-order chi connectivity index (χ1) is 14.2. The van der Waals surface area contributed by atoms with E-state index in [1.54, 1.807) is 30.6 Å². The van der Waals surface area contributed by atoms with E-state index in [2.05, 4.69) is 11.0 Å². The zero-order valence-electron chi connectivity index (χ0n) is 17.0. The molecule has 7 heteroatoms. The van der Waals surface area contributed by atoms with E-state index < -0.39 is 0 Å². The topological polar surface area (TPSA) is 54.4 Å². The zero-order chi connectivity index (χ0) is 20.2. The van der Waals surface area contributed by atoms with Crippen LogP contribution in [-0.4, -0.2) is 55.4 Å². The van der Waals surface area contributed by atoms with Gasteiger partial charge in [-0.05, 0) is 55.1 Å². The number of carbonyl (C=O) groups excluding carboxylic acids is 1. The van der Waals surface area contributed by atoms with Gasteiger partial charge in [-0.15, -0.1) is 11.3 Å². The number of piperidine rings is 1. The first-order valence-electron chi connectivity index (χ1n) is 10.1. The van der Waals surface area contributed by atoms with Crippen LogP contribution in [0.1, 0.15) is 42.2 Å². The van der Waals surface area contributed by atoms with E-state index in [0.29, 0.717) is 24.5 Å². The molecule has 0 bridgehead atoms. The van der Waals surface area contributed by atoms with Crippen LogP contribution in [0.15, 0.2) is 40.8 Å². The average Bonchev–Trinajstić information content (AvgIpc) is 3.44. The second kappa shape index (κ2) is 8.97. The number of ether oxygens (including phenoxy) is 2. The number of likely N-dealkylation sites (tertiary alicyclic amines) is 1. The third-order valence-corrected chi connectivity index (χ3v) is 6.49. The summed E-state index contributed by atoms with van der Waals surface area (Å²) in [7, 11) is 3.25. The van der Waals surface area contributed by atoms with Gasteiger partial charge >= 0.3 is 0 Å². The van der Waals surface area contributed by atoms with Gasteiger partial charge in [-0.3, -0.25) is 9.69 Å². The molecule has 0 spiro atoms. The van der Waals surface area contributed by atoms with Gasteiger partial charge in [0.2, 0.25) is 0 Å². The van der Waals surface area contributed by atoms with Crippen LogP contribution >= 0.6 is 11.3 Å². The summed E-state index contributed by atoms with van der Waals surface area (Å²) < 4.78 is 10.9. The van der Waals surface area contributed by atoms with Crippen molar-refractivity contribution in [1.82, 2.24) is 9.91 Å². The first-order valence-corrected chi connectivity index (χ1v) is 10.9. The molecular formula is C22H27N3O3S. The number of carbonyl (C=O) groups is 1. The Bertz CT molecular complexity index is 875. The lowest BCUT2D eigenvalue weighted by atomic mass is 10.0. The minimum atomic E-state index is -0.135. The molecule has 6 nitrogen and oxygen atoms in total. The molecule has 2 aliphatic heterocycles. The minimum absolute atomic E-state index is 0.0539. The first kappa shape index (κ1) is 19.9. The molecule has 29 heavy (non-hydrogen) atoms. The molecule has 154 valence electrons. The number of hydrogen-bond acceptors (Lipinski definition) is 6. The Hall–Kier alpha value is -2.38. The van der Waals surface area contributed by atoms with Gasteiger partial charge < -0.3 is 9.47 Å². The summed E-state index contributed by atoms with van der Waals surface area (Å²) >= 11 is 1.66. The molecule has 0 saturated carbocycles. The maximum absolute atomic E-state index is 13.2. The second-order valence-corrected chi connectivity index (χ2v) is 8.38. The van der Waals surface area contributed by atoms with Crippen molar-refractivity contribution < 1.29 is 14.3 Å². The molecule has 0 radical (unpaired) electrons. The lowest BCUT2D eigenvalue weighted by Gasteiger charge is -2.29. The van der Waals surface area contributed by atoms with Gasteiger partial charge in [0.15, 0.2) is 11.5 Å². The molecule has 2 aromatic rings. The van der Waals surface area contributed by atoms with Crippen LogP contribution in [-0.2, 0) is 4.79 Å². The molecule has 0 aliphatic carbocycles. The van der Waals surface area contributed by atoms with E-state index >= 15 is 0 Å². The zero-order valence-corrected chi connectivity index (χ0v) is 17.8. The highest BCUT2D eigenvalue weighted by atomic mass is 32.1. The van der Waals surface area contributed by atoms with Crippen molar-refractivity contribution in [3.63, 3.8) is 0 Å². The van der Waals surface area contributed by atoms with E-state index in [1.807, 2.05) is 29.6 Å². The van der Waals surface area contributed by atoms with Gasteiger partial charge in [0.25, 0.3) is 5.91 Å². The summed E-state index contributed by atoms with van der Waals surface area (Å²) in [5.74, 6) is 1.40. The van der Waals surface area contributed by atoms with Crippen molar-refractivity contribution in [2.75, 3.05) is 33.9 Å². The molecule has 1 amide bonds. The number of nitrogens with zero attached hydrogens (tertiary/aromatic N) is 3. The molecule has 1 atom stereocenters. The fourth-order valence-corrected chi connectivity index (χ4v) is 4.75. The smallest absolute Gasteiger partial charge is 0.257 e. The number of benzene rings is 1. The van der Waals surface area contributed by atoms with Gasteiger partial charge in [0.1, 0.15) is 0 Å². The van der Waals surface area contributed by atoms with Crippen LogP contribution in [0, 0.1) is 0 Å². The molecule has 2 aliphatic rings. The standard InChI is InChI=1S/C22H27N3O3S/c1-27-19-9-8-16(13-20(19)28-2)18-14-17(21-7-6-12-29-21)23-25(18)22(26)15-24-10-4-3-5-11-24/h6-9,12-13,18H,3-5,10-11,14-15H2,1-2H3. The highest BCUT2D eigenvalue weighted by Crippen LogP contribution is 2.38. The molecule has 1 fully saturated rings. The van der Waals surface area contributed by atoms with E-state index in [4.69, 9.17) is 14.6 Å². The van der Waals surface area contributed by atoms with Gasteiger partial charge in [-0.25, -0.2) is 5.01 Å². The van der Waals surface area contributed by atoms with Crippen LogP contribution < -0.4 is 9.47 Å². The Labute approximate surface area is 175 Å². The molecule has 1 unspecified atom stereocenters. The Morgan fingerprint density at radius 3 is 2.62 bits per heavy atom. The van der Waals surface area contributed by atoms with Gasteiger partial charge in [-0.1, -0.05) is 18.6 Å². The van der Waals surface area contributed by atoms with E-state index in [0.717, 1.165) is 42.1 Å². The monoisotopic (exact) mass is 413 g/mol. The molecule has 1 aromatic heterocycles. The summed E-state index contributed by atoms with van der Waals surface area (Å²) in [6, 6.07) is 9.80. The summed E-state index contributed by atoms with van der Waals surface area (Å²) in [5.41, 5.74) is 1.97. The van der Waals surface area contributed by atoms with E-state index in [1.165, 1.54) is 6.42 Å². The summed E-state index contributed by atoms with van der Waals surface area (Å²) in [4.78, 5) is 16.6. The van der Waals surface area contributed by atoms with Crippen LogP contribution in [0.4, 0.5) is 0 Å². The number of amides is 1. The van der Waals surface area contributed by atoms with Gasteiger partial charge in [-0.2, -0.15) is 5.10 Å². The molecule has 0 N–H and O–H groups in total. The highest BCUT2D eigenvalue weighted by molar-refractivity contribution is 7.12. The van der Waals surface area contributed by atoms with E-state index in [-0.39, 0.29) is 11.9 Å². The summed E-state index contributed by atoms with van der Waals surface area (Å²) in [5, 5.41) is 8.49. The second-order valence-electron chi connectivity index (χ2n) is 7.43. The molecule has 1 saturated heterocycles. The number of thiophene rings is 1. The number of methoxy groups -OCH3 is 2. The Balaban J connectivity index is 1.61. The predicted molar refractivity (Wildman–Crippen MR) is 115 cm³/mol. The normalized spacial score (nSPS) is 19.9. The predicted octanol–water partition coefficient (Wildman–Crippen LogP) is 3.93. The fourth-order valence-electron chi connectivity index (χ4n) is 4.03. The number of rotatable bonds is 6. The van der Waals surface area contributed by atoms with Crippen molar-refractivity contribution in [3.05, 3.63) is 46.2 Å². The lowest BCUT2D eigenvalue weighted by Crippen LogP contribution is -2.40. The molecular weight excluding hydrogens is 386 g/mol. The third-order valence-electron chi connectivity index (χ3n) is 5.57. The van der Waals surface area contributed by atoms with Gasteiger partial charge in [0.05, 0.1) is 37.4 Å². The molecule has 3 heterocycles. The summed E-state index contributed by atoms with van der Waals surface area (Å²) in [6.45, 7) is 2.40.